The van der Waals surface area contributed by atoms with Gasteiger partial charge >= 0.3 is 0 Å². The van der Waals surface area contributed by atoms with Gasteiger partial charge in [-0.2, -0.15) is 0 Å². The van der Waals surface area contributed by atoms with Gasteiger partial charge in [-0.15, -0.1) is 0 Å². The first-order valence-corrected chi connectivity index (χ1v) is 7.22. The van der Waals surface area contributed by atoms with Crippen LogP contribution in [0.25, 0.3) is 0 Å². The van der Waals surface area contributed by atoms with E-state index in [0.717, 1.165) is 26.2 Å². The van der Waals surface area contributed by atoms with Crippen molar-refractivity contribution in [3.05, 3.63) is 34.9 Å². The highest BCUT2D eigenvalue weighted by Crippen LogP contribution is 2.13. The molecule has 3 heteroatoms. The molecule has 0 bridgehead atoms. The van der Waals surface area contributed by atoms with Crippen LogP contribution in [0.5, 0.6) is 0 Å². The van der Waals surface area contributed by atoms with Gasteiger partial charge in [-0.25, -0.2) is 0 Å². The van der Waals surface area contributed by atoms with Gasteiger partial charge in [0.15, 0.2) is 0 Å². The summed E-state index contributed by atoms with van der Waals surface area (Å²) in [6.07, 6.45) is 1.22. The summed E-state index contributed by atoms with van der Waals surface area (Å²) in [6, 6.07) is 6.59. The van der Waals surface area contributed by atoms with Gasteiger partial charge in [0.1, 0.15) is 0 Å². The quantitative estimate of drug-likeness (QED) is 0.780. The molecule has 0 aliphatic heterocycles. The van der Waals surface area contributed by atoms with Crippen molar-refractivity contribution in [1.29, 1.82) is 0 Å². The number of benzene rings is 1. The van der Waals surface area contributed by atoms with Crippen LogP contribution < -0.4 is 5.73 Å². The zero-order valence-corrected chi connectivity index (χ0v) is 12.9. The van der Waals surface area contributed by atoms with Crippen LogP contribution in [0.4, 0.5) is 0 Å². The summed E-state index contributed by atoms with van der Waals surface area (Å²) in [5.74, 6) is 0. The Kier molecular flexibility index (Phi) is 7.06. The third-order valence-electron chi connectivity index (χ3n) is 3.56. The summed E-state index contributed by atoms with van der Waals surface area (Å²) in [5, 5.41) is 0. The predicted octanol–water partition coefficient (Wildman–Crippen LogP) is 2.23. The van der Waals surface area contributed by atoms with E-state index in [1.54, 1.807) is 0 Å². The molecule has 0 aliphatic rings. The Labute approximate surface area is 118 Å². The molecule has 0 heterocycles. The lowest BCUT2D eigenvalue weighted by Gasteiger charge is -2.22. The number of nitrogens with zero attached hydrogens (tertiary/aromatic N) is 2. The highest BCUT2D eigenvalue weighted by Gasteiger charge is 2.06. The third kappa shape index (κ3) is 5.72. The number of hydrogen-bond acceptors (Lipinski definition) is 3. The Morgan fingerprint density at radius 2 is 1.89 bits per heavy atom. The first-order valence-electron chi connectivity index (χ1n) is 7.22. The molecule has 2 N–H and O–H groups in total. The Bertz CT molecular complexity index is 374. The van der Waals surface area contributed by atoms with E-state index in [1.165, 1.54) is 23.1 Å². The zero-order valence-electron chi connectivity index (χ0n) is 12.9. The largest absolute Gasteiger partial charge is 0.326 e. The number of aryl methyl sites for hydroxylation is 1. The molecule has 0 saturated carbocycles. The maximum Gasteiger partial charge on any atom is 0.0236 e. The van der Waals surface area contributed by atoms with Gasteiger partial charge in [0.25, 0.3) is 0 Å². The number of hydrogen-bond donors (Lipinski definition) is 1. The van der Waals surface area contributed by atoms with Crippen LogP contribution in [0.2, 0.25) is 0 Å². The minimum Gasteiger partial charge on any atom is -0.326 e. The van der Waals surface area contributed by atoms with Gasteiger partial charge in [0.05, 0.1) is 0 Å². The fourth-order valence-electron chi connectivity index (χ4n) is 2.26. The van der Waals surface area contributed by atoms with Crippen LogP contribution in [-0.4, -0.2) is 43.5 Å². The summed E-state index contributed by atoms with van der Waals surface area (Å²) in [4.78, 5) is 4.75. The second kappa shape index (κ2) is 8.31. The van der Waals surface area contributed by atoms with Gasteiger partial charge in [-0.05, 0) is 63.8 Å². The van der Waals surface area contributed by atoms with Crippen molar-refractivity contribution in [2.45, 2.75) is 33.4 Å². The maximum atomic E-state index is 5.68. The molecule has 1 aromatic rings. The second-order valence-electron chi connectivity index (χ2n) is 5.49. The minimum absolute atomic E-state index is 0.626. The van der Waals surface area contributed by atoms with Crippen molar-refractivity contribution < 1.29 is 0 Å². The smallest absolute Gasteiger partial charge is 0.0236 e. The molecular weight excluding hydrogens is 234 g/mol. The molecule has 0 amide bonds. The molecule has 108 valence electrons. The van der Waals surface area contributed by atoms with Crippen LogP contribution in [-0.2, 0) is 13.1 Å². The standard InChI is InChI=1S/C16H29N3/c1-5-19(10-6-9-18(3)4)13-16-8-7-15(12-17)11-14(16)2/h7-8,11H,5-6,9-10,12-13,17H2,1-4H3. The average molecular weight is 263 g/mol. The van der Waals surface area contributed by atoms with Crippen LogP contribution >= 0.6 is 0 Å². The minimum atomic E-state index is 0.626. The first-order chi connectivity index (χ1) is 9.06. The van der Waals surface area contributed by atoms with Crippen molar-refractivity contribution >= 4 is 0 Å². The lowest BCUT2D eigenvalue weighted by atomic mass is 10.0. The van der Waals surface area contributed by atoms with Crippen LogP contribution in [0, 0.1) is 6.92 Å². The molecule has 1 rings (SSSR count). The Morgan fingerprint density at radius 3 is 2.42 bits per heavy atom. The van der Waals surface area contributed by atoms with E-state index >= 15 is 0 Å². The monoisotopic (exact) mass is 263 g/mol. The van der Waals surface area contributed by atoms with Crippen molar-refractivity contribution in [2.75, 3.05) is 33.7 Å². The van der Waals surface area contributed by atoms with Crippen molar-refractivity contribution in [3.63, 3.8) is 0 Å². The molecule has 0 fully saturated rings. The number of nitrogens with two attached hydrogens (primary N) is 1. The van der Waals surface area contributed by atoms with E-state index in [-0.39, 0.29) is 0 Å². The van der Waals surface area contributed by atoms with Crippen LogP contribution in [0.15, 0.2) is 18.2 Å². The predicted molar refractivity (Wildman–Crippen MR) is 83.2 cm³/mol. The van der Waals surface area contributed by atoms with Gasteiger partial charge in [0.2, 0.25) is 0 Å². The lowest BCUT2D eigenvalue weighted by molar-refractivity contribution is 0.259. The molecule has 3 nitrogen and oxygen atoms in total. The average Bonchev–Trinajstić information content (AvgIpc) is 2.39. The molecular formula is C16H29N3. The summed E-state index contributed by atoms with van der Waals surface area (Å²) in [5.41, 5.74) is 9.67. The molecule has 0 aromatic heterocycles. The van der Waals surface area contributed by atoms with E-state index in [9.17, 15) is 0 Å². The molecule has 0 atom stereocenters. The zero-order chi connectivity index (χ0) is 14.3. The highest BCUT2D eigenvalue weighted by molar-refractivity contribution is 5.30. The van der Waals surface area contributed by atoms with E-state index in [2.05, 4.69) is 55.9 Å². The fourth-order valence-corrected chi connectivity index (χ4v) is 2.26. The van der Waals surface area contributed by atoms with Gasteiger partial charge in [0, 0.05) is 13.1 Å². The first kappa shape index (κ1) is 16.2. The van der Waals surface area contributed by atoms with Crippen LogP contribution in [0.3, 0.4) is 0 Å². The van der Waals surface area contributed by atoms with Crippen molar-refractivity contribution in [3.8, 4) is 0 Å². The molecule has 0 radical (unpaired) electrons. The van der Waals surface area contributed by atoms with E-state index in [4.69, 9.17) is 5.73 Å². The van der Waals surface area contributed by atoms with Crippen LogP contribution in [0.1, 0.15) is 30.0 Å². The van der Waals surface area contributed by atoms with Crippen molar-refractivity contribution in [2.24, 2.45) is 5.73 Å². The SMILES string of the molecule is CCN(CCCN(C)C)Cc1ccc(CN)cc1C. The maximum absolute atomic E-state index is 5.68. The molecule has 0 unspecified atom stereocenters. The summed E-state index contributed by atoms with van der Waals surface area (Å²) in [6.45, 7) is 9.50. The fraction of sp³-hybridized carbons (Fsp3) is 0.625. The van der Waals surface area contributed by atoms with E-state index < -0.39 is 0 Å². The van der Waals surface area contributed by atoms with Gasteiger partial charge < -0.3 is 10.6 Å². The normalized spacial score (nSPS) is 11.5. The molecule has 0 aliphatic carbocycles. The summed E-state index contributed by atoms with van der Waals surface area (Å²) >= 11 is 0. The third-order valence-corrected chi connectivity index (χ3v) is 3.56. The summed E-state index contributed by atoms with van der Waals surface area (Å²) in [7, 11) is 4.26. The molecule has 1 aromatic carbocycles. The van der Waals surface area contributed by atoms with E-state index in [0.29, 0.717) is 6.54 Å². The molecule has 0 saturated heterocycles. The lowest BCUT2D eigenvalue weighted by Crippen LogP contribution is -2.27. The van der Waals surface area contributed by atoms with E-state index in [1.807, 2.05) is 0 Å². The Hall–Kier alpha value is -0.900. The molecule has 0 spiro atoms. The molecule has 19 heavy (non-hydrogen) atoms. The second-order valence-corrected chi connectivity index (χ2v) is 5.49. The number of rotatable bonds is 8. The van der Waals surface area contributed by atoms with Gasteiger partial charge in [-0.1, -0.05) is 25.1 Å². The van der Waals surface area contributed by atoms with Gasteiger partial charge in [-0.3, -0.25) is 4.90 Å². The van der Waals surface area contributed by atoms with Crippen molar-refractivity contribution in [1.82, 2.24) is 9.80 Å². The highest BCUT2D eigenvalue weighted by atomic mass is 15.1. The topological polar surface area (TPSA) is 32.5 Å². The summed E-state index contributed by atoms with van der Waals surface area (Å²) < 4.78 is 0. The Morgan fingerprint density at radius 1 is 1.16 bits per heavy atom. The Balaban J connectivity index is 2.55.